The Morgan fingerprint density at radius 3 is 2.43 bits per heavy atom. The summed E-state index contributed by atoms with van der Waals surface area (Å²) in [5, 5.41) is 12.6. The molecular weight excluding hydrogens is 396 g/mol. The van der Waals surface area contributed by atoms with Crippen molar-refractivity contribution in [2.24, 2.45) is 5.92 Å². The summed E-state index contributed by atoms with van der Waals surface area (Å²) in [5.74, 6) is 0.521. The number of benzene rings is 1. The van der Waals surface area contributed by atoms with Gasteiger partial charge in [-0.2, -0.15) is 0 Å². The average molecular weight is 429 g/mol. The van der Waals surface area contributed by atoms with Gasteiger partial charge in [0.2, 0.25) is 10.9 Å². The minimum Gasteiger partial charge on any atom is -0.342 e. The van der Waals surface area contributed by atoms with Crippen molar-refractivity contribution in [3.8, 4) is 0 Å². The lowest BCUT2D eigenvalue weighted by Gasteiger charge is -2.33. The maximum absolute atomic E-state index is 12.9. The summed E-state index contributed by atoms with van der Waals surface area (Å²) in [6.07, 6.45) is 5.80. The fourth-order valence-corrected chi connectivity index (χ4v) is 4.98. The SMILES string of the molecule is CCCC(CCC)C(=O)N1CCC(c2nnc(C(=O)Nc3ccccc3C)s2)CC1. The second-order valence-electron chi connectivity index (χ2n) is 8.09. The number of nitrogens with one attached hydrogen (secondary N) is 1. The quantitative estimate of drug-likeness (QED) is 0.640. The monoisotopic (exact) mass is 428 g/mol. The van der Waals surface area contributed by atoms with Crippen LogP contribution in [0.1, 0.15) is 78.7 Å². The number of aryl methyl sites for hydroxylation is 1. The molecule has 1 aromatic carbocycles. The van der Waals surface area contributed by atoms with E-state index in [9.17, 15) is 9.59 Å². The first-order chi connectivity index (χ1) is 14.5. The Morgan fingerprint density at radius 2 is 1.80 bits per heavy atom. The Bertz CT molecular complexity index is 852. The number of likely N-dealkylation sites (tertiary alicyclic amines) is 1. The number of aromatic nitrogens is 2. The van der Waals surface area contributed by atoms with Crippen LogP contribution < -0.4 is 5.32 Å². The third-order valence-corrected chi connectivity index (χ3v) is 6.89. The molecule has 0 unspecified atom stereocenters. The molecule has 162 valence electrons. The summed E-state index contributed by atoms with van der Waals surface area (Å²) >= 11 is 1.37. The van der Waals surface area contributed by atoms with Crippen LogP contribution in [0, 0.1) is 12.8 Å². The van der Waals surface area contributed by atoms with Gasteiger partial charge in [-0.1, -0.05) is 56.2 Å². The van der Waals surface area contributed by atoms with Gasteiger partial charge >= 0.3 is 0 Å². The largest absolute Gasteiger partial charge is 0.342 e. The lowest BCUT2D eigenvalue weighted by molar-refractivity contribution is -0.137. The molecule has 0 radical (unpaired) electrons. The molecule has 2 aromatic rings. The smallest absolute Gasteiger partial charge is 0.286 e. The fourth-order valence-electron chi connectivity index (χ4n) is 4.07. The Kier molecular flexibility index (Phi) is 7.96. The van der Waals surface area contributed by atoms with E-state index < -0.39 is 0 Å². The van der Waals surface area contributed by atoms with E-state index in [1.165, 1.54) is 11.3 Å². The van der Waals surface area contributed by atoms with Crippen molar-refractivity contribution in [2.45, 2.75) is 65.2 Å². The van der Waals surface area contributed by atoms with Crippen molar-refractivity contribution in [1.82, 2.24) is 15.1 Å². The number of para-hydroxylation sites is 1. The van der Waals surface area contributed by atoms with Gasteiger partial charge in [0.1, 0.15) is 5.01 Å². The zero-order valence-electron chi connectivity index (χ0n) is 18.2. The molecule has 0 atom stereocenters. The maximum atomic E-state index is 12.9. The van der Waals surface area contributed by atoms with Crippen LogP contribution in [-0.4, -0.2) is 40.0 Å². The summed E-state index contributed by atoms with van der Waals surface area (Å²) < 4.78 is 0. The van der Waals surface area contributed by atoms with Crippen LogP contribution >= 0.6 is 11.3 Å². The Labute approximate surface area is 183 Å². The molecule has 0 spiro atoms. The fraction of sp³-hybridized carbons (Fsp3) is 0.565. The highest BCUT2D eigenvalue weighted by molar-refractivity contribution is 7.13. The van der Waals surface area contributed by atoms with Crippen LogP contribution in [0.15, 0.2) is 24.3 Å². The van der Waals surface area contributed by atoms with Gasteiger partial charge in [-0.15, -0.1) is 10.2 Å². The number of rotatable bonds is 8. The second kappa shape index (κ2) is 10.7. The summed E-state index contributed by atoms with van der Waals surface area (Å²) in [7, 11) is 0. The van der Waals surface area contributed by atoms with E-state index in [1.807, 2.05) is 36.1 Å². The number of anilines is 1. The van der Waals surface area contributed by atoms with E-state index >= 15 is 0 Å². The standard InChI is InChI=1S/C23H32N4O2S/c1-4-8-18(9-5-2)23(29)27-14-12-17(13-15-27)21-25-26-22(30-21)20(28)24-19-11-7-6-10-16(19)3/h6-7,10-11,17-18H,4-5,8-9,12-15H2,1-3H3,(H,24,28). The predicted molar refractivity (Wildman–Crippen MR) is 121 cm³/mol. The van der Waals surface area contributed by atoms with Gasteiger partial charge in [0.05, 0.1) is 0 Å². The van der Waals surface area contributed by atoms with E-state index in [4.69, 9.17) is 0 Å². The highest BCUT2D eigenvalue weighted by Crippen LogP contribution is 2.31. The lowest BCUT2D eigenvalue weighted by Crippen LogP contribution is -2.41. The van der Waals surface area contributed by atoms with Gasteiger partial charge in [0.15, 0.2) is 0 Å². The van der Waals surface area contributed by atoms with E-state index in [0.29, 0.717) is 10.9 Å². The molecule has 1 aromatic heterocycles. The van der Waals surface area contributed by atoms with Crippen molar-refractivity contribution >= 4 is 28.8 Å². The van der Waals surface area contributed by atoms with Gasteiger partial charge in [-0.3, -0.25) is 9.59 Å². The van der Waals surface area contributed by atoms with Crippen molar-refractivity contribution in [2.75, 3.05) is 18.4 Å². The molecule has 1 aliphatic rings. The number of amides is 2. The van der Waals surface area contributed by atoms with Crippen molar-refractivity contribution in [1.29, 1.82) is 0 Å². The van der Waals surface area contributed by atoms with Crippen molar-refractivity contribution < 1.29 is 9.59 Å². The van der Waals surface area contributed by atoms with E-state index in [2.05, 4.69) is 29.4 Å². The minimum atomic E-state index is -0.220. The molecule has 2 amide bonds. The van der Waals surface area contributed by atoms with Crippen LogP contribution in [0.2, 0.25) is 0 Å². The molecule has 0 saturated carbocycles. The minimum absolute atomic E-state index is 0.162. The topological polar surface area (TPSA) is 75.2 Å². The number of carbonyl (C=O) groups is 2. The zero-order chi connectivity index (χ0) is 21.5. The molecule has 0 bridgehead atoms. The van der Waals surface area contributed by atoms with E-state index in [1.54, 1.807) is 0 Å². The number of hydrogen-bond acceptors (Lipinski definition) is 5. The Morgan fingerprint density at radius 1 is 1.13 bits per heavy atom. The summed E-state index contributed by atoms with van der Waals surface area (Å²) in [6, 6.07) is 7.68. The summed E-state index contributed by atoms with van der Waals surface area (Å²) in [4.78, 5) is 27.4. The number of hydrogen-bond donors (Lipinski definition) is 1. The van der Waals surface area contributed by atoms with Crippen LogP contribution in [-0.2, 0) is 4.79 Å². The van der Waals surface area contributed by atoms with Crippen LogP contribution in [0.5, 0.6) is 0 Å². The number of piperidine rings is 1. The molecule has 1 N–H and O–H groups in total. The first-order valence-electron chi connectivity index (χ1n) is 11.0. The number of carbonyl (C=O) groups excluding carboxylic acids is 2. The summed E-state index contributed by atoms with van der Waals surface area (Å²) in [5.41, 5.74) is 1.80. The number of nitrogens with zero attached hydrogens (tertiary/aromatic N) is 3. The molecule has 7 heteroatoms. The molecule has 30 heavy (non-hydrogen) atoms. The average Bonchev–Trinajstić information content (AvgIpc) is 3.25. The van der Waals surface area contributed by atoms with Gasteiger partial charge in [0, 0.05) is 30.6 Å². The predicted octanol–water partition coefficient (Wildman–Crippen LogP) is 5.02. The van der Waals surface area contributed by atoms with Gasteiger partial charge in [-0.05, 0) is 44.2 Å². The highest BCUT2D eigenvalue weighted by Gasteiger charge is 2.30. The van der Waals surface area contributed by atoms with E-state index in [0.717, 1.165) is 67.9 Å². The van der Waals surface area contributed by atoms with E-state index in [-0.39, 0.29) is 17.7 Å². The first-order valence-corrected chi connectivity index (χ1v) is 11.8. The third kappa shape index (κ3) is 5.45. The molecule has 1 fully saturated rings. The third-order valence-electron chi connectivity index (χ3n) is 5.81. The van der Waals surface area contributed by atoms with Crippen molar-refractivity contribution in [3.63, 3.8) is 0 Å². The normalized spacial score (nSPS) is 14.9. The van der Waals surface area contributed by atoms with Gasteiger partial charge in [-0.25, -0.2) is 0 Å². The molecule has 6 nitrogen and oxygen atoms in total. The molecular formula is C23H32N4O2S. The molecule has 3 rings (SSSR count). The van der Waals surface area contributed by atoms with Crippen LogP contribution in [0.4, 0.5) is 5.69 Å². The van der Waals surface area contributed by atoms with Gasteiger partial charge in [0.25, 0.3) is 5.91 Å². The molecule has 2 heterocycles. The van der Waals surface area contributed by atoms with Crippen LogP contribution in [0.3, 0.4) is 0 Å². The molecule has 1 saturated heterocycles. The lowest BCUT2D eigenvalue weighted by atomic mass is 9.93. The maximum Gasteiger partial charge on any atom is 0.286 e. The van der Waals surface area contributed by atoms with Crippen LogP contribution in [0.25, 0.3) is 0 Å². The van der Waals surface area contributed by atoms with Crippen molar-refractivity contribution in [3.05, 3.63) is 39.8 Å². The molecule has 0 aliphatic carbocycles. The molecule has 1 aliphatic heterocycles. The highest BCUT2D eigenvalue weighted by atomic mass is 32.1. The first kappa shape index (κ1) is 22.4. The zero-order valence-corrected chi connectivity index (χ0v) is 19.0. The second-order valence-corrected chi connectivity index (χ2v) is 9.10. The Hall–Kier alpha value is -2.28. The Balaban J connectivity index is 1.56. The summed E-state index contributed by atoms with van der Waals surface area (Å²) in [6.45, 7) is 7.77. The van der Waals surface area contributed by atoms with Gasteiger partial charge < -0.3 is 10.2 Å².